The second-order valence-corrected chi connectivity index (χ2v) is 7.79. The molecule has 0 aromatic heterocycles. The molecule has 6 heteroatoms. The number of carbonyl (C=O) groups excluding carboxylic acids is 2. The number of allylic oxidation sites excluding steroid dienone is 1. The van der Waals surface area contributed by atoms with Gasteiger partial charge in [0.15, 0.2) is 0 Å². The summed E-state index contributed by atoms with van der Waals surface area (Å²) in [6, 6.07) is 26.0. The van der Waals surface area contributed by atoms with Gasteiger partial charge >= 0.3 is 12.0 Å². The highest BCUT2D eigenvalue weighted by atomic mass is 16.5. The maximum Gasteiger partial charge on any atom is 0.337 e. The molecule has 33 heavy (non-hydrogen) atoms. The highest BCUT2D eigenvalue weighted by Crippen LogP contribution is 2.33. The molecule has 1 N–H and O–H groups in total. The van der Waals surface area contributed by atoms with Crippen LogP contribution in [-0.2, 0) is 22.7 Å². The lowest BCUT2D eigenvalue weighted by Crippen LogP contribution is -2.47. The topological polar surface area (TPSA) is 67.9 Å². The maximum absolute atomic E-state index is 13.0. The minimum atomic E-state index is -0.641. The molecule has 0 fully saturated rings. The van der Waals surface area contributed by atoms with E-state index in [1.54, 1.807) is 11.8 Å². The monoisotopic (exact) mass is 442 g/mol. The zero-order chi connectivity index (χ0) is 23.2. The molecular formula is C27H26N2O4. The number of carbonyl (C=O) groups is 2. The zero-order valence-electron chi connectivity index (χ0n) is 18.7. The van der Waals surface area contributed by atoms with Gasteiger partial charge in [-0.25, -0.2) is 9.59 Å². The first kappa shape index (κ1) is 22.1. The molecule has 0 saturated carbocycles. The summed E-state index contributed by atoms with van der Waals surface area (Å²) in [6.07, 6.45) is 0. The normalized spacial score (nSPS) is 15.8. The van der Waals surface area contributed by atoms with E-state index in [1.165, 1.54) is 7.11 Å². The van der Waals surface area contributed by atoms with Crippen LogP contribution in [0.2, 0.25) is 0 Å². The number of nitrogens with one attached hydrogen (secondary N) is 1. The Morgan fingerprint density at radius 2 is 1.61 bits per heavy atom. The number of rotatable bonds is 7. The Bertz CT molecular complexity index is 1160. The van der Waals surface area contributed by atoms with Gasteiger partial charge in [-0.05, 0) is 35.7 Å². The molecule has 0 bridgehead atoms. The molecule has 168 valence electrons. The van der Waals surface area contributed by atoms with Crippen molar-refractivity contribution in [3.8, 4) is 5.75 Å². The molecule has 4 rings (SSSR count). The van der Waals surface area contributed by atoms with Crippen molar-refractivity contribution in [3.05, 3.63) is 113 Å². The average molecular weight is 443 g/mol. The van der Waals surface area contributed by atoms with Crippen LogP contribution >= 0.6 is 0 Å². The molecule has 3 aromatic rings. The quantitative estimate of drug-likeness (QED) is 0.524. The van der Waals surface area contributed by atoms with Crippen LogP contribution in [0.25, 0.3) is 0 Å². The van der Waals surface area contributed by atoms with Crippen molar-refractivity contribution in [1.82, 2.24) is 10.2 Å². The summed E-state index contributed by atoms with van der Waals surface area (Å²) < 4.78 is 11.0. The van der Waals surface area contributed by atoms with E-state index in [1.807, 2.05) is 84.9 Å². The van der Waals surface area contributed by atoms with Crippen molar-refractivity contribution in [1.29, 1.82) is 0 Å². The smallest absolute Gasteiger partial charge is 0.337 e. The van der Waals surface area contributed by atoms with E-state index >= 15 is 0 Å². The SMILES string of the molecule is COC(=O)C1=C(C)N(Cc2ccccc2)C(=O)N[C@@H]1c1cccc(OCc2ccccc2)c1. The number of benzene rings is 3. The third-order valence-corrected chi connectivity index (χ3v) is 5.62. The van der Waals surface area contributed by atoms with E-state index in [2.05, 4.69) is 5.32 Å². The molecule has 6 nitrogen and oxygen atoms in total. The van der Waals surface area contributed by atoms with E-state index < -0.39 is 12.0 Å². The van der Waals surface area contributed by atoms with Gasteiger partial charge in [0, 0.05) is 5.70 Å². The van der Waals surface area contributed by atoms with E-state index in [9.17, 15) is 9.59 Å². The second-order valence-electron chi connectivity index (χ2n) is 7.79. The predicted octanol–water partition coefficient (Wildman–Crippen LogP) is 4.98. The number of nitrogens with zero attached hydrogens (tertiary/aromatic N) is 1. The second kappa shape index (κ2) is 10.0. The molecule has 0 unspecified atom stereocenters. The minimum absolute atomic E-state index is 0.274. The van der Waals surface area contributed by atoms with Gasteiger partial charge in [-0.15, -0.1) is 0 Å². The number of amides is 2. The van der Waals surface area contributed by atoms with Crippen LogP contribution in [0.5, 0.6) is 5.75 Å². The number of esters is 1. The number of urea groups is 1. The van der Waals surface area contributed by atoms with Gasteiger partial charge in [0.05, 0.1) is 25.3 Å². The van der Waals surface area contributed by atoms with Gasteiger partial charge in [0.1, 0.15) is 12.4 Å². The summed E-state index contributed by atoms with van der Waals surface area (Å²) in [7, 11) is 1.34. The Balaban J connectivity index is 1.62. The zero-order valence-corrected chi connectivity index (χ0v) is 18.7. The fourth-order valence-corrected chi connectivity index (χ4v) is 3.89. The highest BCUT2D eigenvalue weighted by molar-refractivity contribution is 5.95. The van der Waals surface area contributed by atoms with Crippen molar-refractivity contribution in [2.24, 2.45) is 0 Å². The van der Waals surface area contributed by atoms with Crippen molar-refractivity contribution in [2.45, 2.75) is 26.1 Å². The Morgan fingerprint density at radius 3 is 2.27 bits per heavy atom. The molecule has 0 aliphatic carbocycles. The first-order valence-corrected chi connectivity index (χ1v) is 10.7. The molecule has 3 aromatic carbocycles. The summed E-state index contributed by atoms with van der Waals surface area (Å²) >= 11 is 0. The molecule has 0 spiro atoms. The van der Waals surface area contributed by atoms with Gasteiger partial charge in [0.25, 0.3) is 0 Å². The van der Waals surface area contributed by atoms with Crippen LogP contribution in [-0.4, -0.2) is 24.0 Å². The molecule has 0 saturated heterocycles. The number of hydrogen-bond acceptors (Lipinski definition) is 4. The molecule has 1 aliphatic rings. The predicted molar refractivity (Wildman–Crippen MR) is 125 cm³/mol. The van der Waals surface area contributed by atoms with Crippen LogP contribution < -0.4 is 10.1 Å². The van der Waals surface area contributed by atoms with Crippen molar-refractivity contribution in [2.75, 3.05) is 7.11 Å². The Kier molecular flexibility index (Phi) is 6.74. The van der Waals surface area contributed by atoms with Gasteiger partial charge in [0.2, 0.25) is 0 Å². The largest absolute Gasteiger partial charge is 0.489 e. The first-order chi connectivity index (χ1) is 16.1. The first-order valence-electron chi connectivity index (χ1n) is 10.7. The summed E-state index contributed by atoms with van der Waals surface area (Å²) in [5.74, 6) is 0.172. The van der Waals surface area contributed by atoms with Crippen LogP contribution in [0.3, 0.4) is 0 Å². The average Bonchev–Trinajstić information content (AvgIpc) is 2.86. The maximum atomic E-state index is 13.0. The molecular weight excluding hydrogens is 416 g/mol. The van der Waals surface area contributed by atoms with Gasteiger partial charge < -0.3 is 14.8 Å². The fraction of sp³-hybridized carbons (Fsp3) is 0.185. The summed E-state index contributed by atoms with van der Waals surface area (Å²) in [4.78, 5) is 27.4. The van der Waals surface area contributed by atoms with E-state index in [0.717, 1.165) is 16.7 Å². The van der Waals surface area contributed by atoms with Crippen molar-refractivity contribution >= 4 is 12.0 Å². The van der Waals surface area contributed by atoms with E-state index in [4.69, 9.17) is 9.47 Å². The van der Waals surface area contributed by atoms with Crippen LogP contribution in [0, 0.1) is 0 Å². The van der Waals surface area contributed by atoms with Gasteiger partial charge in [-0.2, -0.15) is 0 Å². The third kappa shape index (κ3) is 5.06. The molecule has 1 atom stereocenters. The van der Waals surface area contributed by atoms with Crippen molar-refractivity contribution < 1.29 is 19.1 Å². The Morgan fingerprint density at radius 1 is 0.939 bits per heavy atom. The lowest BCUT2D eigenvalue weighted by Gasteiger charge is -2.35. The fourth-order valence-electron chi connectivity index (χ4n) is 3.89. The molecule has 2 amide bonds. The van der Waals surface area contributed by atoms with Gasteiger partial charge in [-0.1, -0.05) is 72.8 Å². The number of methoxy groups -OCH3 is 1. The number of ether oxygens (including phenoxy) is 2. The summed E-state index contributed by atoms with van der Waals surface area (Å²) in [6.45, 7) is 2.55. The molecule has 1 heterocycles. The summed E-state index contributed by atoms with van der Waals surface area (Å²) in [5, 5.41) is 2.97. The lowest BCUT2D eigenvalue weighted by atomic mass is 9.94. The highest BCUT2D eigenvalue weighted by Gasteiger charge is 2.36. The number of hydrogen-bond donors (Lipinski definition) is 1. The lowest BCUT2D eigenvalue weighted by molar-refractivity contribution is -0.136. The Labute approximate surface area is 193 Å². The molecule has 1 aliphatic heterocycles. The third-order valence-electron chi connectivity index (χ3n) is 5.62. The standard InChI is InChI=1S/C27H26N2O4/c1-19-24(26(30)32-2)25(28-27(31)29(19)17-20-10-5-3-6-11-20)22-14-9-15-23(16-22)33-18-21-12-7-4-8-13-21/h3-16,25H,17-18H2,1-2H3,(H,28,31)/t25-/m1/s1. The molecule has 0 radical (unpaired) electrons. The summed E-state index contributed by atoms with van der Waals surface area (Å²) in [5.41, 5.74) is 3.72. The van der Waals surface area contributed by atoms with E-state index in [-0.39, 0.29) is 6.03 Å². The van der Waals surface area contributed by atoms with E-state index in [0.29, 0.717) is 30.2 Å². The van der Waals surface area contributed by atoms with Crippen molar-refractivity contribution in [3.63, 3.8) is 0 Å². The Hall–Kier alpha value is -4.06. The minimum Gasteiger partial charge on any atom is -0.489 e. The van der Waals surface area contributed by atoms with Crippen LogP contribution in [0.1, 0.15) is 29.7 Å². The van der Waals surface area contributed by atoms with Crippen LogP contribution in [0.15, 0.2) is 96.2 Å². The van der Waals surface area contributed by atoms with Gasteiger partial charge in [-0.3, -0.25) is 4.90 Å². The van der Waals surface area contributed by atoms with Crippen LogP contribution in [0.4, 0.5) is 4.79 Å².